The van der Waals surface area contributed by atoms with Crippen LogP contribution in [0.15, 0.2) is 34.7 Å². The van der Waals surface area contributed by atoms with Gasteiger partial charge >= 0.3 is 0 Å². The molecule has 0 fully saturated rings. The van der Waals surface area contributed by atoms with Crippen LogP contribution in [-0.4, -0.2) is 7.05 Å². The van der Waals surface area contributed by atoms with Crippen LogP contribution < -0.4 is 5.32 Å². The van der Waals surface area contributed by atoms with E-state index in [2.05, 4.69) is 17.4 Å². The van der Waals surface area contributed by atoms with Crippen molar-refractivity contribution in [2.24, 2.45) is 0 Å². The van der Waals surface area contributed by atoms with Crippen molar-refractivity contribution in [2.45, 2.75) is 6.54 Å². The van der Waals surface area contributed by atoms with E-state index < -0.39 is 0 Å². The maximum Gasteiger partial charge on any atom is 0.159 e. The van der Waals surface area contributed by atoms with Crippen LogP contribution in [0.2, 0.25) is 0 Å². The average Bonchev–Trinajstić information content (AvgIpc) is 2.47. The minimum Gasteiger partial charge on any atom is -0.455 e. The molecular weight excluding hydrogens is 150 g/mol. The molecule has 12 heavy (non-hydrogen) atoms. The van der Waals surface area contributed by atoms with Crippen LogP contribution in [0.4, 0.5) is 0 Å². The molecule has 62 valence electrons. The fourth-order valence-corrected chi connectivity index (χ4v) is 1.34. The Morgan fingerprint density at radius 2 is 2.17 bits per heavy atom. The molecule has 2 aromatic rings. The summed E-state index contributed by atoms with van der Waals surface area (Å²) < 4.78 is 5.58. The summed E-state index contributed by atoms with van der Waals surface area (Å²) in [5.74, 6) is 1.04. The molecule has 0 bridgehead atoms. The zero-order valence-corrected chi connectivity index (χ0v) is 7.08. The Hall–Kier alpha value is -1.28. The van der Waals surface area contributed by atoms with Gasteiger partial charge in [-0.2, -0.15) is 0 Å². The lowest BCUT2D eigenvalue weighted by Gasteiger charge is -1.87. The van der Waals surface area contributed by atoms with Gasteiger partial charge in [0.2, 0.25) is 0 Å². The van der Waals surface area contributed by atoms with Crippen LogP contribution >= 0.6 is 0 Å². The lowest BCUT2D eigenvalue weighted by atomic mass is 10.2. The molecule has 0 amide bonds. The third-order valence-corrected chi connectivity index (χ3v) is 1.88. The highest BCUT2D eigenvalue weighted by atomic mass is 16.3. The van der Waals surface area contributed by atoms with E-state index in [0.29, 0.717) is 0 Å². The highest BCUT2D eigenvalue weighted by Gasteiger charge is 2.01. The number of furan rings is 1. The number of hydrogen-bond donors (Lipinski definition) is 1. The van der Waals surface area contributed by atoms with Crippen LogP contribution in [-0.2, 0) is 6.54 Å². The molecule has 1 aromatic carbocycles. The second-order valence-corrected chi connectivity index (χ2v) is 2.86. The number of nitrogens with two attached hydrogens (primary N) is 1. The van der Waals surface area contributed by atoms with Gasteiger partial charge in [0, 0.05) is 5.39 Å². The molecule has 0 atom stereocenters. The topological polar surface area (TPSA) is 29.8 Å². The Morgan fingerprint density at radius 3 is 2.92 bits per heavy atom. The molecule has 0 saturated heterocycles. The first-order valence-electron chi connectivity index (χ1n) is 4.15. The molecule has 2 N–H and O–H groups in total. The maximum atomic E-state index is 5.58. The smallest absolute Gasteiger partial charge is 0.159 e. The van der Waals surface area contributed by atoms with Crippen molar-refractivity contribution in [2.75, 3.05) is 7.05 Å². The van der Waals surface area contributed by atoms with Crippen LogP contribution in [0.25, 0.3) is 11.0 Å². The number of quaternary nitrogens is 1. The molecule has 0 saturated carbocycles. The first kappa shape index (κ1) is 7.37. The van der Waals surface area contributed by atoms with E-state index in [1.165, 1.54) is 5.39 Å². The predicted octanol–water partition coefficient (Wildman–Crippen LogP) is 1.13. The fraction of sp³-hybridized carbons (Fsp3) is 0.200. The molecule has 1 aromatic heterocycles. The third kappa shape index (κ3) is 1.21. The quantitative estimate of drug-likeness (QED) is 0.704. The second-order valence-electron chi connectivity index (χ2n) is 2.86. The van der Waals surface area contributed by atoms with Gasteiger partial charge in [-0.25, -0.2) is 0 Å². The largest absolute Gasteiger partial charge is 0.455 e. The molecule has 2 rings (SSSR count). The number of fused-ring (bicyclic) bond motifs is 1. The van der Waals surface area contributed by atoms with E-state index in [4.69, 9.17) is 4.42 Å². The standard InChI is InChI=1S/C10H11NO/c1-11-7-9-6-8-4-2-3-5-10(8)12-9/h2-6,11H,7H2,1H3/p+1. The minimum atomic E-state index is 0.911. The van der Waals surface area contributed by atoms with Crippen molar-refractivity contribution >= 4 is 11.0 Å². The van der Waals surface area contributed by atoms with Crippen molar-refractivity contribution in [3.63, 3.8) is 0 Å². The van der Waals surface area contributed by atoms with Crippen LogP contribution in [0.5, 0.6) is 0 Å². The van der Waals surface area contributed by atoms with Crippen LogP contribution in [0, 0.1) is 0 Å². The highest BCUT2D eigenvalue weighted by molar-refractivity contribution is 5.77. The van der Waals surface area contributed by atoms with Gasteiger partial charge in [0.15, 0.2) is 5.76 Å². The molecule has 1 heterocycles. The van der Waals surface area contributed by atoms with Gasteiger partial charge in [0.1, 0.15) is 12.1 Å². The minimum absolute atomic E-state index is 0.911. The average molecular weight is 162 g/mol. The molecule has 2 nitrogen and oxygen atoms in total. The molecular formula is C10H12NO+. The Morgan fingerprint density at radius 1 is 1.33 bits per heavy atom. The van der Waals surface area contributed by atoms with Gasteiger partial charge in [-0.3, -0.25) is 0 Å². The number of para-hydroxylation sites is 1. The van der Waals surface area contributed by atoms with Crippen molar-refractivity contribution in [1.29, 1.82) is 0 Å². The Bertz CT molecular complexity index is 345. The van der Waals surface area contributed by atoms with Crippen molar-refractivity contribution in [1.82, 2.24) is 0 Å². The van der Waals surface area contributed by atoms with Gasteiger partial charge in [0.05, 0.1) is 7.05 Å². The van der Waals surface area contributed by atoms with E-state index in [-0.39, 0.29) is 0 Å². The fourth-order valence-electron chi connectivity index (χ4n) is 1.34. The maximum absolute atomic E-state index is 5.58. The SMILES string of the molecule is C[NH2+]Cc1cc2ccccc2o1. The van der Waals surface area contributed by atoms with Crippen LogP contribution in [0.3, 0.4) is 0 Å². The zero-order valence-electron chi connectivity index (χ0n) is 7.08. The Balaban J connectivity index is 2.47. The number of benzene rings is 1. The van der Waals surface area contributed by atoms with Gasteiger partial charge in [-0.05, 0) is 12.1 Å². The highest BCUT2D eigenvalue weighted by Crippen LogP contribution is 2.17. The Labute approximate surface area is 71.2 Å². The summed E-state index contributed by atoms with van der Waals surface area (Å²) in [7, 11) is 2.03. The van der Waals surface area contributed by atoms with E-state index in [1.807, 2.05) is 25.2 Å². The molecule has 0 aliphatic rings. The summed E-state index contributed by atoms with van der Waals surface area (Å²) in [4.78, 5) is 0. The van der Waals surface area contributed by atoms with Gasteiger partial charge in [-0.15, -0.1) is 0 Å². The Kier molecular flexibility index (Phi) is 1.84. The predicted molar refractivity (Wildman–Crippen MR) is 47.8 cm³/mol. The molecule has 0 spiro atoms. The summed E-state index contributed by atoms with van der Waals surface area (Å²) >= 11 is 0. The third-order valence-electron chi connectivity index (χ3n) is 1.88. The summed E-state index contributed by atoms with van der Waals surface area (Å²) in [6.07, 6.45) is 0. The van der Waals surface area contributed by atoms with Crippen molar-refractivity contribution < 1.29 is 9.73 Å². The first-order valence-corrected chi connectivity index (χ1v) is 4.15. The number of hydrogen-bond acceptors (Lipinski definition) is 1. The van der Waals surface area contributed by atoms with E-state index in [1.54, 1.807) is 0 Å². The van der Waals surface area contributed by atoms with E-state index in [9.17, 15) is 0 Å². The summed E-state index contributed by atoms with van der Waals surface area (Å²) in [6.45, 7) is 0.911. The molecule has 0 radical (unpaired) electrons. The normalized spacial score (nSPS) is 10.8. The zero-order chi connectivity index (χ0) is 8.39. The summed E-state index contributed by atoms with van der Waals surface area (Å²) in [5, 5.41) is 3.28. The second kappa shape index (κ2) is 2.99. The summed E-state index contributed by atoms with van der Waals surface area (Å²) in [5.41, 5.74) is 0.981. The molecule has 0 aliphatic heterocycles. The first-order chi connectivity index (χ1) is 5.90. The monoisotopic (exact) mass is 162 g/mol. The summed E-state index contributed by atoms with van der Waals surface area (Å²) in [6, 6.07) is 10.2. The molecule has 0 aliphatic carbocycles. The molecule has 2 heteroatoms. The van der Waals surface area contributed by atoms with E-state index in [0.717, 1.165) is 17.9 Å². The van der Waals surface area contributed by atoms with Crippen molar-refractivity contribution in [3.05, 3.63) is 36.1 Å². The lowest BCUT2D eigenvalue weighted by Crippen LogP contribution is -2.77. The van der Waals surface area contributed by atoms with Gasteiger partial charge in [0.25, 0.3) is 0 Å². The van der Waals surface area contributed by atoms with Gasteiger partial charge < -0.3 is 9.73 Å². The van der Waals surface area contributed by atoms with Gasteiger partial charge in [-0.1, -0.05) is 18.2 Å². The van der Waals surface area contributed by atoms with Crippen LogP contribution in [0.1, 0.15) is 5.76 Å². The van der Waals surface area contributed by atoms with E-state index >= 15 is 0 Å². The lowest BCUT2D eigenvalue weighted by molar-refractivity contribution is -0.645. The molecule has 0 unspecified atom stereocenters. The van der Waals surface area contributed by atoms with Crippen molar-refractivity contribution in [3.8, 4) is 0 Å². The number of rotatable bonds is 2.